The van der Waals surface area contributed by atoms with E-state index in [1.54, 1.807) is 0 Å². The van der Waals surface area contributed by atoms with Crippen molar-refractivity contribution in [1.29, 1.82) is 0 Å². The number of carbonyl (C=O) groups is 1. The lowest BCUT2D eigenvalue weighted by atomic mass is 10.3. The van der Waals surface area contributed by atoms with Gasteiger partial charge in [0.1, 0.15) is 0 Å². The van der Waals surface area contributed by atoms with Gasteiger partial charge in [-0.1, -0.05) is 18.3 Å². The summed E-state index contributed by atoms with van der Waals surface area (Å²) in [6.45, 7) is 2.21. The van der Waals surface area contributed by atoms with Crippen LogP contribution in [-0.4, -0.2) is 17.5 Å². The fourth-order valence-corrected chi connectivity index (χ4v) is 1.50. The number of ether oxygens (including phenoxy) is 1. The Hall–Kier alpha value is -1.43. The molecule has 0 unspecified atom stereocenters. The Morgan fingerprint density at radius 1 is 1.71 bits per heavy atom. The van der Waals surface area contributed by atoms with Crippen molar-refractivity contribution >= 4 is 22.3 Å². The normalized spacial score (nSPS) is 9.79. The summed E-state index contributed by atoms with van der Waals surface area (Å²) < 4.78 is 4.82. The van der Waals surface area contributed by atoms with Crippen LogP contribution in [0.5, 0.6) is 0 Å². The average molecular weight is 215 g/mol. The number of thiophene rings is 1. The highest BCUT2D eigenvalue weighted by molar-refractivity contribution is 7.13. The molecule has 0 atom stereocenters. The van der Waals surface area contributed by atoms with Gasteiger partial charge in [-0.2, -0.15) is 0 Å². The molecule has 0 amide bonds. The van der Waals surface area contributed by atoms with Gasteiger partial charge in [0.05, 0.1) is 17.1 Å². The molecule has 0 aliphatic carbocycles. The van der Waals surface area contributed by atoms with Crippen LogP contribution in [0.15, 0.2) is 11.4 Å². The number of esters is 1. The molecule has 0 spiro atoms. The molecule has 1 aromatic rings. The van der Waals surface area contributed by atoms with Crippen LogP contribution < -0.4 is 0 Å². The molecule has 0 bridgehead atoms. The van der Waals surface area contributed by atoms with Gasteiger partial charge in [0.15, 0.2) is 0 Å². The standard InChI is InChI=1S/C8H9NO4S/c1-2-3-13-8(10)6-4-7(9(11)12)14-5-6/h4-5H,2-3H2,1H3. The predicted octanol–water partition coefficient (Wildman–Crippen LogP) is 2.22. The van der Waals surface area contributed by atoms with Crippen LogP contribution >= 0.6 is 11.3 Å². The van der Waals surface area contributed by atoms with Crippen LogP contribution in [0, 0.1) is 10.1 Å². The van der Waals surface area contributed by atoms with E-state index in [1.807, 2.05) is 6.92 Å². The lowest BCUT2D eigenvalue weighted by molar-refractivity contribution is -0.380. The molecule has 5 nitrogen and oxygen atoms in total. The number of rotatable bonds is 4. The largest absolute Gasteiger partial charge is 0.462 e. The monoisotopic (exact) mass is 215 g/mol. The van der Waals surface area contributed by atoms with E-state index in [1.165, 1.54) is 11.4 Å². The molecule has 76 valence electrons. The number of hydrogen-bond donors (Lipinski definition) is 0. The van der Waals surface area contributed by atoms with Gasteiger partial charge < -0.3 is 4.74 Å². The molecular formula is C8H9NO4S. The van der Waals surface area contributed by atoms with E-state index in [2.05, 4.69) is 0 Å². The first-order valence-corrected chi connectivity index (χ1v) is 4.93. The van der Waals surface area contributed by atoms with E-state index in [-0.39, 0.29) is 10.6 Å². The highest BCUT2D eigenvalue weighted by atomic mass is 32.1. The summed E-state index contributed by atoms with van der Waals surface area (Å²) in [4.78, 5) is 21.0. The Balaban J connectivity index is 2.66. The van der Waals surface area contributed by atoms with E-state index < -0.39 is 10.9 Å². The average Bonchev–Trinajstić information content (AvgIpc) is 2.62. The maximum atomic E-state index is 11.2. The Morgan fingerprint density at radius 3 is 2.93 bits per heavy atom. The minimum Gasteiger partial charge on any atom is -0.462 e. The predicted molar refractivity (Wildman–Crippen MR) is 51.5 cm³/mol. The van der Waals surface area contributed by atoms with Crippen molar-refractivity contribution in [3.8, 4) is 0 Å². The summed E-state index contributed by atoms with van der Waals surface area (Å²) in [7, 11) is 0. The maximum absolute atomic E-state index is 11.2. The first kappa shape index (κ1) is 10.6. The summed E-state index contributed by atoms with van der Waals surface area (Å²) >= 11 is 0.920. The van der Waals surface area contributed by atoms with Gasteiger partial charge in [0.2, 0.25) is 0 Å². The molecule has 0 fully saturated rings. The minimum absolute atomic E-state index is 0.0477. The van der Waals surface area contributed by atoms with E-state index in [4.69, 9.17) is 4.74 Å². The Kier molecular flexibility index (Phi) is 3.58. The fraction of sp³-hybridized carbons (Fsp3) is 0.375. The summed E-state index contributed by atoms with van der Waals surface area (Å²) in [6.07, 6.45) is 0.734. The molecular weight excluding hydrogens is 206 g/mol. The third-order valence-corrected chi connectivity index (χ3v) is 2.32. The van der Waals surface area contributed by atoms with Gasteiger partial charge in [0, 0.05) is 11.4 Å². The van der Waals surface area contributed by atoms with Crippen molar-refractivity contribution < 1.29 is 14.5 Å². The number of nitro groups is 1. The molecule has 0 aromatic carbocycles. The number of nitrogens with zero attached hydrogens (tertiary/aromatic N) is 1. The Morgan fingerprint density at radius 2 is 2.43 bits per heavy atom. The maximum Gasteiger partial charge on any atom is 0.339 e. The Bertz CT molecular complexity index is 347. The van der Waals surface area contributed by atoms with E-state index in [0.29, 0.717) is 6.61 Å². The van der Waals surface area contributed by atoms with Crippen LogP contribution in [0.2, 0.25) is 0 Å². The smallest absolute Gasteiger partial charge is 0.339 e. The topological polar surface area (TPSA) is 69.4 Å². The molecule has 14 heavy (non-hydrogen) atoms. The van der Waals surface area contributed by atoms with Crippen LogP contribution in [0.4, 0.5) is 5.00 Å². The minimum atomic E-state index is -0.527. The van der Waals surface area contributed by atoms with Crippen LogP contribution in [0.25, 0.3) is 0 Å². The summed E-state index contributed by atoms with van der Waals surface area (Å²) in [5.41, 5.74) is 0.246. The second-order valence-corrected chi connectivity index (χ2v) is 3.46. The summed E-state index contributed by atoms with van der Waals surface area (Å²) in [5.74, 6) is -0.504. The summed E-state index contributed by atoms with van der Waals surface area (Å²) in [6, 6.07) is 1.22. The number of carbonyl (C=O) groups excluding carboxylic acids is 1. The van der Waals surface area contributed by atoms with Gasteiger partial charge >= 0.3 is 11.0 Å². The van der Waals surface area contributed by atoms with Crippen molar-refractivity contribution in [3.63, 3.8) is 0 Å². The van der Waals surface area contributed by atoms with E-state index in [9.17, 15) is 14.9 Å². The second-order valence-electron chi connectivity index (χ2n) is 2.57. The quantitative estimate of drug-likeness (QED) is 0.438. The van der Waals surface area contributed by atoms with Gasteiger partial charge in [-0.3, -0.25) is 10.1 Å². The van der Waals surface area contributed by atoms with Crippen molar-refractivity contribution in [1.82, 2.24) is 0 Å². The first-order valence-electron chi connectivity index (χ1n) is 4.05. The third-order valence-electron chi connectivity index (χ3n) is 1.44. The molecule has 1 aromatic heterocycles. The van der Waals surface area contributed by atoms with Crippen molar-refractivity contribution in [2.45, 2.75) is 13.3 Å². The van der Waals surface area contributed by atoms with Crippen molar-refractivity contribution in [3.05, 3.63) is 27.1 Å². The first-order chi connectivity index (χ1) is 6.65. The highest BCUT2D eigenvalue weighted by Crippen LogP contribution is 2.22. The molecule has 1 rings (SSSR count). The number of hydrogen-bond acceptors (Lipinski definition) is 5. The molecule has 0 saturated carbocycles. The van der Waals surface area contributed by atoms with Crippen molar-refractivity contribution in [2.75, 3.05) is 6.61 Å². The molecule has 6 heteroatoms. The van der Waals surface area contributed by atoms with Crippen molar-refractivity contribution in [2.24, 2.45) is 0 Å². The molecule has 0 aliphatic rings. The van der Waals surface area contributed by atoms with Gasteiger partial charge in [-0.25, -0.2) is 4.79 Å². The highest BCUT2D eigenvalue weighted by Gasteiger charge is 2.15. The van der Waals surface area contributed by atoms with Gasteiger partial charge in [-0.05, 0) is 6.42 Å². The third kappa shape index (κ3) is 2.53. The van der Waals surface area contributed by atoms with E-state index >= 15 is 0 Å². The second kappa shape index (κ2) is 4.71. The van der Waals surface area contributed by atoms with Crippen LogP contribution in [0.3, 0.4) is 0 Å². The van der Waals surface area contributed by atoms with Crippen LogP contribution in [-0.2, 0) is 4.74 Å². The zero-order valence-corrected chi connectivity index (χ0v) is 8.37. The lowest BCUT2D eigenvalue weighted by Gasteiger charge is -1.98. The zero-order valence-electron chi connectivity index (χ0n) is 7.56. The summed E-state index contributed by atoms with van der Waals surface area (Å²) in [5, 5.41) is 11.7. The molecule has 1 heterocycles. The lowest BCUT2D eigenvalue weighted by Crippen LogP contribution is -2.04. The fourth-order valence-electron chi connectivity index (χ4n) is 0.806. The Labute approximate surface area is 84.5 Å². The molecule has 0 radical (unpaired) electrons. The zero-order chi connectivity index (χ0) is 10.6. The molecule has 0 N–H and O–H groups in total. The van der Waals surface area contributed by atoms with Crippen LogP contribution in [0.1, 0.15) is 23.7 Å². The van der Waals surface area contributed by atoms with Gasteiger partial charge in [-0.15, -0.1) is 0 Å². The molecule has 0 aliphatic heterocycles. The molecule has 0 saturated heterocycles. The van der Waals surface area contributed by atoms with E-state index in [0.717, 1.165) is 17.8 Å². The van der Waals surface area contributed by atoms with Gasteiger partial charge in [0.25, 0.3) is 0 Å². The SMILES string of the molecule is CCCOC(=O)c1csc([N+](=O)[O-])c1.